The molecule has 0 spiro atoms. The van der Waals surface area contributed by atoms with Crippen LogP contribution in [0.15, 0.2) is 35.3 Å². The van der Waals surface area contributed by atoms with Gasteiger partial charge in [0.05, 0.1) is 26.1 Å². The number of carbonyl (C=O) groups is 2. The molecule has 0 aliphatic heterocycles. The van der Waals surface area contributed by atoms with E-state index >= 15 is 0 Å². The van der Waals surface area contributed by atoms with E-state index in [4.69, 9.17) is 11.6 Å². The van der Waals surface area contributed by atoms with E-state index in [0.717, 1.165) is 5.56 Å². The maximum Gasteiger partial charge on any atom is 0.315 e. The zero-order valence-electron chi connectivity index (χ0n) is 11.5. The zero-order chi connectivity index (χ0) is 15.8. The molecular formula is C14H16BrClN2O3. The summed E-state index contributed by atoms with van der Waals surface area (Å²) in [5.41, 5.74) is 0.762. The molecule has 0 aromatic heterocycles. The van der Waals surface area contributed by atoms with Gasteiger partial charge in [0.15, 0.2) is 0 Å². The van der Waals surface area contributed by atoms with Crippen LogP contribution in [0.1, 0.15) is 18.0 Å². The first-order valence-corrected chi connectivity index (χ1v) is 7.29. The van der Waals surface area contributed by atoms with Crippen molar-refractivity contribution in [3.63, 3.8) is 0 Å². The highest BCUT2D eigenvalue weighted by Gasteiger charge is 2.18. The van der Waals surface area contributed by atoms with Crippen molar-refractivity contribution in [2.45, 2.75) is 12.5 Å². The summed E-state index contributed by atoms with van der Waals surface area (Å²) in [5, 5.41) is 5.91. The van der Waals surface area contributed by atoms with Crippen molar-refractivity contribution in [3.05, 3.63) is 45.9 Å². The minimum Gasteiger partial charge on any atom is -0.469 e. The number of ether oxygens (including phenoxy) is 1. The molecule has 0 bridgehead atoms. The largest absolute Gasteiger partial charge is 0.469 e. The van der Waals surface area contributed by atoms with E-state index in [2.05, 4.69) is 37.9 Å². The lowest BCUT2D eigenvalue weighted by molar-refractivity contribution is -0.141. The molecule has 0 fully saturated rings. The number of hydrogen-bond donors (Lipinski definition) is 2. The Bertz CT molecular complexity index is 519. The summed E-state index contributed by atoms with van der Waals surface area (Å²) >= 11 is 8.98. The topological polar surface area (TPSA) is 67.4 Å². The first-order valence-electron chi connectivity index (χ1n) is 6.12. The molecule has 1 rings (SSSR count). The molecule has 0 radical (unpaired) electrons. The molecule has 2 N–H and O–H groups in total. The minimum atomic E-state index is -0.502. The van der Waals surface area contributed by atoms with Gasteiger partial charge in [-0.05, 0) is 17.7 Å². The van der Waals surface area contributed by atoms with Gasteiger partial charge in [-0.3, -0.25) is 4.79 Å². The van der Waals surface area contributed by atoms with Crippen molar-refractivity contribution >= 4 is 39.5 Å². The van der Waals surface area contributed by atoms with Crippen LogP contribution < -0.4 is 10.6 Å². The fraction of sp³-hybridized carbons (Fsp3) is 0.286. The van der Waals surface area contributed by atoms with E-state index in [0.29, 0.717) is 9.51 Å². The van der Waals surface area contributed by atoms with E-state index in [9.17, 15) is 9.59 Å². The lowest BCUT2D eigenvalue weighted by Gasteiger charge is -2.18. The van der Waals surface area contributed by atoms with E-state index in [1.807, 2.05) is 0 Å². The van der Waals surface area contributed by atoms with Crippen LogP contribution in [0, 0.1) is 0 Å². The third-order valence-corrected chi connectivity index (χ3v) is 3.15. The first-order chi connectivity index (χ1) is 9.92. The minimum absolute atomic E-state index is 0.0286. The standard InChI is InChI=1S/C14H16BrClN2O3/c1-9(15)8-17-14(20)18-12(7-13(19)21-2)10-3-5-11(16)6-4-10/h3-6,12H,1,7-8H2,2H3,(H2,17,18,20). The quantitative estimate of drug-likeness (QED) is 0.751. The number of halogens is 2. The predicted molar refractivity (Wildman–Crippen MR) is 85.4 cm³/mol. The summed E-state index contributed by atoms with van der Waals surface area (Å²) < 4.78 is 5.29. The number of benzene rings is 1. The molecule has 0 saturated heterocycles. The number of nitrogens with one attached hydrogen (secondary N) is 2. The molecule has 1 unspecified atom stereocenters. The van der Waals surface area contributed by atoms with E-state index < -0.39 is 18.0 Å². The molecular weight excluding hydrogens is 360 g/mol. The molecule has 21 heavy (non-hydrogen) atoms. The summed E-state index contributed by atoms with van der Waals surface area (Å²) in [6.07, 6.45) is 0.0286. The fourth-order valence-electron chi connectivity index (χ4n) is 1.58. The number of esters is 1. The molecule has 0 aliphatic rings. The van der Waals surface area contributed by atoms with E-state index in [-0.39, 0.29) is 13.0 Å². The van der Waals surface area contributed by atoms with Gasteiger partial charge in [-0.25, -0.2) is 4.79 Å². The maximum absolute atomic E-state index is 11.8. The Morgan fingerprint density at radius 1 is 1.38 bits per heavy atom. The zero-order valence-corrected chi connectivity index (χ0v) is 13.8. The molecule has 114 valence electrons. The average molecular weight is 376 g/mol. The van der Waals surface area contributed by atoms with Gasteiger partial charge >= 0.3 is 12.0 Å². The number of rotatable bonds is 6. The van der Waals surface area contributed by atoms with Crippen molar-refractivity contribution in [2.24, 2.45) is 0 Å². The second-order valence-electron chi connectivity index (χ2n) is 4.23. The van der Waals surface area contributed by atoms with Gasteiger partial charge in [-0.1, -0.05) is 46.2 Å². The highest BCUT2D eigenvalue weighted by Crippen LogP contribution is 2.20. The Morgan fingerprint density at radius 3 is 2.52 bits per heavy atom. The van der Waals surface area contributed by atoms with Crippen LogP contribution in [0.5, 0.6) is 0 Å². The molecule has 1 atom stereocenters. The normalized spacial score (nSPS) is 11.4. The van der Waals surface area contributed by atoms with Gasteiger partial charge in [0.1, 0.15) is 0 Å². The Hall–Kier alpha value is -1.53. The van der Waals surface area contributed by atoms with Gasteiger partial charge < -0.3 is 15.4 Å². The van der Waals surface area contributed by atoms with Gasteiger partial charge in [0, 0.05) is 9.51 Å². The Kier molecular flexibility index (Phi) is 7.25. The van der Waals surface area contributed by atoms with Crippen LogP contribution >= 0.6 is 27.5 Å². The van der Waals surface area contributed by atoms with Gasteiger partial charge in [0.2, 0.25) is 0 Å². The second kappa shape index (κ2) is 8.69. The molecule has 1 aromatic carbocycles. The smallest absolute Gasteiger partial charge is 0.315 e. The number of urea groups is 1. The van der Waals surface area contributed by atoms with Crippen molar-refractivity contribution in [1.29, 1.82) is 0 Å². The lowest BCUT2D eigenvalue weighted by atomic mass is 10.0. The number of carbonyl (C=O) groups excluding carboxylic acids is 2. The number of hydrogen-bond acceptors (Lipinski definition) is 3. The number of methoxy groups -OCH3 is 1. The SMILES string of the molecule is C=C(Br)CNC(=O)NC(CC(=O)OC)c1ccc(Cl)cc1. The summed E-state index contributed by atoms with van der Waals surface area (Å²) in [7, 11) is 1.30. The molecule has 0 aliphatic carbocycles. The third kappa shape index (κ3) is 6.64. The highest BCUT2D eigenvalue weighted by atomic mass is 79.9. The summed E-state index contributed by atoms with van der Waals surface area (Å²) in [6, 6.07) is 5.99. The van der Waals surface area contributed by atoms with Gasteiger partial charge in [-0.15, -0.1) is 0 Å². The van der Waals surface area contributed by atoms with E-state index in [1.54, 1.807) is 24.3 Å². The summed E-state index contributed by atoms with van der Waals surface area (Å²) in [4.78, 5) is 23.3. The first kappa shape index (κ1) is 17.5. The van der Waals surface area contributed by atoms with Crippen LogP contribution in [0.4, 0.5) is 4.79 Å². The van der Waals surface area contributed by atoms with Crippen molar-refractivity contribution in [1.82, 2.24) is 10.6 Å². The van der Waals surface area contributed by atoms with Crippen LogP contribution in [0.25, 0.3) is 0 Å². The Labute approximate surface area is 136 Å². The second-order valence-corrected chi connectivity index (χ2v) is 5.79. The van der Waals surface area contributed by atoms with Crippen LogP contribution in [0.2, 0.25) is 5.02 Å². The van der Waals surface area contributed by atoms with Crippen molar-refractivity contribution in [3.8, 4) is 0 Å². The maximum atomic E-state index is 11.8. The van der Waals surface area contributed by atoms with Crippen LogP contribution in [0.3, 0.4) is 0 Å². The molecule has 0 saturated carbocycles. The lowest BCUT2D eigenvalue weighted by Crippen LogP contribution is -2.39. The molecule has 1 aromatic rings. The Balaban J connectivity index is 2.77. The van der Waals surface area contributed by atoms with Gasteiger partial charge in [-0.2, -0.15) is 0 Å². The molecule has 0 heterocycles. The summed E-state index contributed by atoms with van der Waals surface area (Å²) in [6.45, 7) is 3.91. The number of amides is 2. The van der Waals surface area contributed by atoms with Crippen molar-refractivity contribution in [2.75, 3.05) is 13.7 Å². The third-order valence-electron chi connectivity index (χ3n) is 2.62. The molecule has 5 nitrogen and oxygen atoms in total. The fourth-order valence-corrected chi connectivity index (χ4v) is 1.85. The summed E-state index contributed by atoms with van der Waals surface area (Å²) in [5.74, 6) is -0.417. The van der Waals surface area contributed by atoms with E-state index in [1.165, 1.54) is 7.11 Å². The molecule has 2 amide bonds. The molecule has 7 heteroatoms. The van der Waals surface area contributed by atoms with Crippen LogP contribution in [-0.4, -0.2) is 25.7 Å². The monoisotopic (exact) mass is 374 g/mol. The predicted octanol–water partition coefficient (Wildman–Crippen LogP) is 3.15. The Morgan fingerprint density at radius 2 is 2.00 bits per heavy atom. The van der Waals surface area contributed by atoms with Crippen LogP contribution in [-0.2, 0) is 9.53 Å². The highest BCUT2D eigenvalue weighted by molar-refractivity contribution is 9.11. The van der Waals surface area contributed by atoms with Crippen molar-refractivity contribution < 1.29 is 14.3 Å². The van der Waals surface area contributed by atoms with Gasteiger partial charge in [0.25, 0.3) is 0 Å². The average Bonchev–Trinajstić information content (AvgIpc) is 2.45.